The highest BCUT2D eigenvalue weighted by molar-refractivity contribution is 9.10. The highest BCUT2D eigenvalue weighted by Gasteiger charge is 2.61. The summed E-state index contributed by atoms with van der Waals surface area (Å²) in [7, 11) is 0. The standard InChI is InChI=1S/C40H36BrClF7N5O5.C25H28BrF3N2O4S.C16H16ClF4N5O2/c1-37(2,40(47,48)49)22-39(25-9-11-26(41)12-10-25)33(56)53(35(52-39)51-36(57)59-20-23-6-4-3-5-7-23)30(21-58-31(55)19-38(15-16-38)32(43)44)24-8-13-28(42)27(18-24)29-14-17-50-54(29)34(45)46;1-16(2)35-20(32)24(15-23(3,4)25(27,28)29,18-10-12-19(26)13-11-18)31-21(36)30-22(33)34-14-17-8-6-5-7-9-17;17-10-2-1-8(5-9(10)12-23-7-24-26(12)14(20)21)11(22)6-28-15(27)25-16(3-4-16)13(18)19/h3-14,17-18,30,32,34H,15-16,19-22H2,1-2H3,(H,51,52,57);5-13,16H,14-15H2,1-4H3,(H2,30,31,33,36);1-2,5,7,11,13-14H,3-4,6,22H2,(H,25,27)/t30-,39-;24-;11-/m111/s1. The zero-order valence-electron chi connectivity index (χ0n) is 65.8. The van der Waals surface area contributed by atoms with Crippen LogP contribution in [0.5, 0.6) is 0 Å². The van der Waals surface area contributed by atoms with Gasteiger partial charge in [-0.2, -0.15) is 58.8 Å². The van der Waals surface area contributed by atoms with Crippen LogP contribution < -0.4 is 27.0 Å². The number of alkyl carbamates (subject to hydrolysis) is 3. The Balaban J connectivity index is 0.000000228. The lowest BCUT2D eigenvalue weighted by molar-refractivity contribution is -0.220. The number of hydrogen-bond donors (Lipinski definition) is 5. The van der Waals surface area contributed by atoms with Crippen LogP contribution in [0, 0.1) is 16.2 Å². The van der Waals surface area contributed by atoms with Crippen LogP contribution in [0.1, 0.15) is 145 Å². The molecule has 3 aliphatic rings. The van der Waals surface area contributed by atoms with Crippen molar-refractivity contribution in [2.45, 2.75) is 173 Å². The Hall–Kier alpha value is -10.0. The van der Waals surface area contributed by atoms with Crippen LogP contribution in [0.4, 0.5) is 75.8 Å². The van der Waals surface area contributed by atoms with E-state index in [0.717, 1.165) is 50.7 Å². The average molecular weight is 1930 g/mol. The summed E-state index contributed by atoms with van der Waals surface area (Å²) in [6.07, 6.45) is -18.7. The molecule has 2 aliphatic carbocycles. The van der Waals surface area contributed by atoms with E-state index in [9.17, 15) is 85.4 Å². The van der Waals surface area contributed by atoms with Crippen molar-refractivity contribution in [2.75, 3.05) is 13.2 Å². The maximum Gasteiger partial charge on any atom is 0.414 e. The van der Waals surface area contributed by atoms with Gasteiger partial charge in [-0.15, -0.1) is 0 Å². The Labute approximate surface area is 727 Å². The first kappa shape index (κ1) is 96.8. The number of ether oxygens (including phenoxy) is 5. The molecule has 11 rings (SSSR count). The predicted octanol–water partition coefficient (Wildman–Crippen LogP) is 20.3. The Morgan fingerprint density at radius 1 is 0.626 bits per heavy atom. The largest absolute Gasteiger partial charge is 0.463 e. The Kier molecular flexibility index (Phi) is 31.7. The molecular weight excluding hydrogens is 1850 g/mol. The van der Waals surface area contributed by atoms with Crippen molar-refractivity contribution in [1.82, 2.24) is 50.7 Å². The monoisotopic (exact) mass is 1920 g/mol. The summed E-state index contributed by atoms with van der Waals surface area (Å²) < 4.78 is 222. The third-order valence-electron chi connectivity index (χ3n) is 20.0. The highest BCUT2D eigenvalue weighted by atomic mass is 79.9. The number of guanidine groups is 1. The van der Waals surface area contributed by atoms with Crippen LogP contribution in [-0.4, -0.2) is 127 Å². The fourth-order valence-corrected chi connectivity index (χ4v) is 13.9. The van der Waals surface area contributed by atoms with E-state index in [1.165, 1.54) is 78.9 Å². The zero-order valence-corrected chi connectivity index (χ0v) is 71.3. The molecule has 3 heterocycles. The van der Waals surface area contributed by atoms with Crippen LogP contribution in [0.2, 0.25) is 10.0 Å². The molecule has 1 aliphatic heterocycles. The topological polar surface area (TPSA) is 287 Å². The van der Waals surface area contributed by atoms with Gasteiger partial charge >= 0.3 is 55.7 Å². The first-order chi connectivity index (χ1) is 57.7. The van der Waals surface area contributed by atoms with Gasteiger partial charge < -0.3 is 40.1 Å². The Morgan fingerprint density at radius 2 is 1.17 bits per heavy atom. The van der Waals surface area contributed by atoms with Crippen molar-refractivity contribution in [3.05, 3.63) is 217 Å². The van der Waals surface area contributed by atoms with Crippen LogP contribution in [0.25, 0.3) is 22.6 Å². The van der Waals surface area contributed by atoms with Gasteiger partial charge in [-0.1, -0.05) is 180 Å². The van der Waals surface area contributed by atoms with Crippen molar-refractivity contribution in [1.29, 1.82) is 0 Å². The fraction of sp³-hybridized carbons (Fsp3) is 0.395. The van der Waals surface area contributed by atoms with Gasteiger partial charge in [0.25, 0.3) is 12.3 Å². The number of alkyl halides is 14. The number of benzene rings is 6. The van der Waals surface area contributed by atoms with Crippen LogP contribution in [-0.2, 0) is 62.4 Å². The first-order valence-electron chi connectivity index (χ1n) is 37.3. The van der Waals surface area contributed by atoms with Gasteiger partial charge in [-0.25, -0.2) is 51.4 Å². The quantitative estimate of drug-likeness (QED) is 0.0126. The van der Waals surface area contributed by atoms with Crippen LogP contribution >= 0.6 is 67.3 Å². The molecule has 0 radical (unpaired) electrons. The fourth-order valence-electron chi connectivity index (χ4n) is 12.7. The van der Waals surface area contributed by atoms with E-state index in [1.807, 2.05) is 6.07 Å². The van der Waals surface area contributed by atoms with E-state index in [1.54, 1.807) is 80.6 Å². The number of carbonyl (C=O) groups is 6. The van der Waals surface area contributed by atoms with Gasteiger partial charge in [-0.3, -0.25) is 25.1 Å². The smallest absolute Gasteiger partial charge is 0.414 e. The van der Waals surface area contributed by atoms with Crippen molar-refractivity contribution in [2.24, 2.45) is 27.0 Å². The van der Waals surface area contributed by atoms with Crippen molar-refractivity contribution >= 4 is 114 Å². The molecule has 23 nitrogen and oxygen atoms in total. The molecule has 0 bridgehead atoms. The van der Waals surface area contributed by atoms with Gasteiger partial charge in [0, 0.05) is 36.7 Å². The molecule has 4 amide bonds. The number of halogens is 18. The first-order valence-corrected chi connectivity index (χ1v) is 40.0. The summed E-state index contributed by atoms with van der Waals surface area (Å²) >= 11 is 24.4. The van der Waals surface area contributed by atoms with Gasteiger partial charge in [0.2, 0.25) is 12.4 Å². The number of carbonyl (C=O) groups excluding carboxylic acids is 6. The van der Waals surface area contributed by atoms with Crippen molar-refractivity contribution in [3.8, 4) is 22.6 Å². The number of thiocarbonyl (C=S) groups is 1. The molecule has 2 saturated carbocycles. The lowest BCUT2D eigenvalue weighted by atomic mass is 9.74. The number of nitrogens with zero attached hydrogens (tertiary/aromatic N) is 7. The maximum atomic E-state index is 15.3. The molecule has 8 aromatic rings. The summed E-state index contributed by atoms with van der Waals surface area (Å²) in [4.78, 5) is 88.6. The van der Waals surface area contributed by atoms with Gasteiger partial charge in [-0.05, 0) is 153 Å². The molecule has 42 heteroatoms. The second-order valence-electron chi connectivity index (χ2n) is 30.3. The van der Waals surface area contributed by atoms with Gasteiger partial charge in [0.05, 0.1) is 46.2 Å². The third-order valence-corrected chi connectivity index (χ3v) is 21.9. The molecule has 0 spiro atoms. The number of nitrogens with one attached hydrogen (secondary N) is 4. The molecule has 0 unspecified atom stereocenters. The number of esters is 2. The summed E-state index contributed by atoms with van der Waals surface area (Å²) in [5.41, 5.74) is -4.71. The zero-order chi connectivity index (χ0) is 90.5. The number of rotatable bonds is 29. The molecule has 0 saturated heterocycles. The molecule has 123 heavy (non-hydrogen) atoms. The normalized spacial score (nSPS) is 16.4. The van der Waals surface area contributed by atoms with Crippen molar-refractivity contribution in [3.63, 3.8) is 0 Å². The van der Waals surface area contributed by atoms with Gasteiger partial charge in [0.1, 0.15) is 38.3 Å². The lowest BCUT2D eigenvalue weighted by Gasteiger charge is -2.40. The predicted molar refractivity (Wildman–Crippen MR) is 432 cm³/mol. The summed E-state index contributed by atoms with van der Waals surface area (Å²) in [5, 5.41) is 16.3. The molecule has 6 aromatic carbocycles. The number of hydrogen-bond acceptors (Lipinski definition) is 17. The maximum absolute atomic E-state index is 15.3. The van der Waals surface area contributed by atoms with Crippen LogP contribution in [0.15, 0.2) is 178 Å². The lowest BCUT2D eigenvalue weighted by Crippen LogP contribution is -2.59. The molecule has 662 valence electrons. The second-order valence-corrected chi connectivity index (χ2v) is 33.4. The van der Waals surface area contributed by atoms with Crippen LogP contribution in [0.3, 0.4) is 0 Å². The van der Waals surface area contributed by atoms with Gasteiger partial charge in [0.15, 0.2) is 22.0 Å². The average Bonchev–Trinajstić information content (AvgIpc) is 1.32. The molecular formula is C81H80Br2Cl2F14N12O11S. The van der Waals surface area contributed by atoms with E-state index >= 15 is 4.79 Å². The SMILES string of the molecule is CC(C)(C[C@]1(c2ccc(Br)cc2)N=C(NC(=O)OCc2ccccc2)N([C@H](COC(=O)CC2(C(F)F)CC2)c2ccc(Cl)c(-c3ccnn3C(F)F)c2)C1=O)C(F)(F)F.CC(C)OC(=O)[C@](CC(C)(C)C(F)(F)F)(NC(=S)NC(=O)OCc1ccccc1)c1ccc(Br)cc1.N[C@H](COC(=O)NC1(C(F)F)CC1)c1ccc(Cl)c(-c2ncnn2C(F)F)c1. The second kappa shape index (κ2) is 40.3. The van der Waals surface area contributed by atoms with E-state index in [-0.39, 0.29) is 94.9 Å². The number of aliphatic imine (C=N–C) groups is 1. The summed E-state index contributed by atoms with van der Waals surface area (Å²) in [6, 6.07) is 36.3. The number of amides is 4. The highest BCUT2D eigenvalue weighted by Crippen LogP contribution is 2.55. The minimum atomic E-state index is -4.88. The minimum absolute atomic E-state index is 0.0106. The summed E-state index contributed by atoms with van der Waals surface area (Å²) in [6.45, 7) is -0.592. The van der Waals surface area contributed by atoms with E-state index < -0.39 is 162 Å². The van der Waals surface area contributed by atoms with Crippen molar-refractivity contribution < 1.29 is 114 Å². The molecule has 2 fully saturated rings. The van der Waals surface area contributed by atoms with E-state index in [0.29, 0.717) is 29.4 Å². The number of aromatic nitrogens is 5. The molecule has 6 N–H and O–H groups in total. The van der Waals surface area contributed by atoms with E-state index in [2.05, 4.69) is 73.3 Å². The Morgan fingerprint density at radius 3 is 1.70 bits per heavy atom. The molecule has 2 aromatic heterocycles. The summed E-state index contributed by atoms with van der Waals surface area (Å²) in [5.74, 6) is -3.93. The minimum Gasteiger partial charge on any atom is -0.463 e. The van der Waals surface area contributed by atoms with E-state index in [4.69, 9.17) is 64.8 Å². The number of nitrogens with two attached hydrogens (primary N) is 1. The Bertz CT molecular complexity index is 5080. The molecule has 4 atom stereocenters. The third kappa shape index (κ3) is 24.3.